The number of hydrogen-bond acceptors (Lipinski definition) is 7. The Morgan fingerprint density at radius 2 is 2.08 bits per heavy atom. The van der Waals surface area contributed by atoms with E-state index in [0.29, 0.717) is 0 Å². The van der Waals surface area contributed by atoms with E-state index in [1.807, 2.05) is 0 Å². The molecular formula is C15H16N2O6S. The Kier molecular flexibility index (Phi) is 5.13. The van der Waals surface area contributed by atoms with Crippen molar-refractivity contribution in [1.82, 2.24) is 4.90 Å². The lowest BCUT2D eigenvalue weighted by atomic mass is 10.1. The smallest absolute Gasteiger partial charge is 0.293 e. The summed E-state index contributed by atoms with van der Waals surface area (Å²) in [6, 6.07) is 1.93. The third-order valence-electron chi connectivity index (χ3n) is 3.23. The van der Waals surface area contributed by atoms with Gasteiger partial charge in [0.1, 0.15) is 0 Å². The number of hydrogen-bond donors (Lipinski definition) is 1. The van der Waals surface area contributed by atoms with Crippen molar-refractivity contribution < 1.29 is 24.4 Å². The third-order valence-corrected chi connectivity index (χ3v) is 4.11. The summed E-state index contributed by atoms with van der Waals surface area (Å²) in [4.78, 5) is 35.7. The van der Waals surface area contributed by atoms with Crippen LogP contribution >= 0.6 is 11.8 Å². The molecule has 0 spiro atoms. The molecule has 1 heterocycles. The first-order valence-electron chi connectivity index (χ1n) is 7.17. The van der Waals surface area contributed by atoms with Crippen molar-refractivity contribution in [3.05, 3.63) is 32.7 Å². The van der Waals surface area contributed by atoms with E-state index in [9.17, 15) is 24.8 Å². The van der Waals surface area contributed by atoms with Crippen LogP contribution < -0.4 is 4.74 Å². The van der Waals surface area contributed by atoms with Crippen molar-refractivity contribution in [2.24, 2.45) is 0 Å². The fourth-order valence-electron chi connectivity index (χ4n) is 2.16. The second-order valence-electron chi connectivity index (χ2n) is 5.22. The number of phenolic OH excluding ortho intramolecular Hbond substituents is 1. The molecule has 0 bridgehead atoms. The normalized spacial score (nSPS) is 16.3. The van der Waals surface area contributed by atoms with Gasteiger partial charge in [-0.2, -0.15) is 0 Å². The van der Waals surface area contributed by atoms with Crippen LogP contribution in [0.15, 0.2) is 17.0 Å². The highest BCUT2D eigenvalue weighted by molar-refractivity contribution is 8.18. The summed E-state index contributed by atoms with van der Waals surface area (Å²) >= 11 is 0.724. The number of nitrogens with zero attached hydrogens (tertiary/aromatic N) is 2. The summed E-state index contributed by atoms with van der Waals surface area (Å²) in [5.74, 6) is -0.872. The molecule has 1 aromatic carbocycles. The fourth-order valence-corrected chi connectivity index (χ4v) is 3.11. The van der Waals surface area contributed by atoms with Crippen molar-refractivity contribution in [3.63, 3.8) is 0 Å². The minimum absolute atomic E-state index is 0.0434. The van der Waals surface area contributed by atoms with Gasteiger partial charge in [0.25, 0.3) is 16.8 Å². The van der Waals surface area contributed by atoms with E-state index < -0.39 is 16.1 Å². The lowest BCUT2D eigenvalue weighted by Crippen LogP contribution is -2.34. The van der Waals surface area contributed by atoms with E-state index in [0.717, 1.165) is 28.8 Å². The van der Waals surface area contributed by atoms with Gasteiger partial charge in [-0.1, -0.05) is 0 Å². The molecule has 24 heavy (non-hydrogen) atoms. The molecule has 1 aliphatic rings. The molecule has 128 valence electrons. The maximum Gasteiger partial charge on any atom is 0.293 e. The summed E-state index contributed by atoms with van der Waals surface area (Å²) in [7, 11) is 0. The molecule has 0 saturated carbocycles. The van der Waals surface area contributed by atoms with E-state index in [1.165, 1.54) is 6.08 Å². The van der Waals surface area contributed by atoms with Crippen LogP contribution in [0.1, 0.15) is 26.3 Å². The molecule has 1 aliphatic heterocycles. The van der Waals surface area contributed by atoms with Crippen molar-refractivity contribution in [2.75, 3.05) is 6.61 Å². The molecule has 0 aromatic heterocycles. The Labute approximate surface area is 142 Å². The highest BCUT2D eigenvalue weighted by Gasteiger charge is 2.37. The number of ether oxygens (including phenoxy) is 1. The topological polar surface area (TPSA) is 110 Å². The molecule has 0 atom stereocenters. The standard InChI is InChI=1S/C15H16N2O6S/c1-4-23-11-7-10(17(21)22)5-9(13(11)18)6-12-14(19)16(8(2)3)15(20)24-12/h5-8,18H,4H2,1-3H3/b12-6+. The lowest BCUT2D eigenvalue weighted by molar-refractivity contribution is -0.385. The number of amides is 2. The Morgan fingerprint density at radius 1 is 1.42 bits per heavy atom. The minimum atomic E-state index is -0.626. The predicted molar refractivity (Wildman–Crippen MR) is 88.9 cm³/mol. The molecule has 8 nitrogen and oxygen atoms in total. The fraction of sp³-hybridized carbons (Fsp3) is 0.333. The predicted octanol–water partition coefficient (Wildman–Crippen LogP) is 3.14. The zero-order valence-electron chi connectivity index (χ0n) is 13.3. The molecule has 2 rings (SSSR count). The molecule has 1 aromatic rings. The molecule has 0 aliphatic carbocycles. The van der Waals surface area contributed by atoms with E-state index in [4.69, 9.17) is 4.74 Å². The summed E-state index contributed by atoms with van der Waals surface area (Å²) in [5.41, 5.74) is -0.243. The van der Waals surface area contributed by atoms with E-state index in [-0.39, 0.29) is 40.3 Å². The average Bonchev–Trinajstić information content (AvgIpc) is 2.77. The molecular weight excluding hydrogens is 336 g/mol. The van der Waals surface area contributed by atoms with Gasteiger partial charge in [0.2, 0.25) is 0 Å². The minimum Gasteiger partial charge on any atom is -0.504 e. The van der Waals surface area contributed by atoms with Gasteiger partial charge in [0.15, 0.2) is 11.5 Å². The van der Waals surface area contributed by atoms with Gasteiger partial charge < -0.3 is 9.84 Å². The van der Waals surface area contributed by atoms with Crippen LogP contribution in [-0.4, -0.2) is 38.7 Å². The molecule has 1 fully saturated rings. The number of nitro groups is 1. The first-order valence-corrected chi connectivity index (χ1v) is 7.99. The molecule has 0 radical (unpaired) electrons. The molecule has 1 N–H and O–H groups in total. The largest absolute Gasteiger partial charge is 0.504 e. The number of rotatable bonds is 5. The van der Waals surface area contributed by atoms with E-state index >= 15 is 0 Å². The first kappa shape index (κ1) is 17.8. The number of aromatic hydroxyl groups is 1. The number of imide groups is 1. The van der Waals surface area contributed by atoms with Crippen LogP contribution in [0.5, 0.6) is 11.5 Å². The van der Waals surface area contributed by atoms with Gasteiger partial charge in [0, 0.05) is 17.7 Å². The summed E-state index contributed by atoms with van der Waals surface area (Å²) in [5, 5.41) is 20.8. The molecule has 2 amide bonds. The third kappa shape index (κ3) is 3.35. The lowest BCUT2D eigenvalue weighted by Gasteiger charge is -2.16. The Hall–Kier alpha value is -2.55. The monoisotopic (exact) mass is 352 g/mol. The number of benzene rings is 1. The van der Waals surface area contributed by atoms with Crippen LogP contribution in [-0.2, 0) is 4.79 Å². The van der Waals surface area contributed by atoms with Gasteiger partial charge >= 0.3 is 0 Å². The Bertz CT molecular complexity index is 744. The summed E-state index contributed by atoms with van der Waals surface area (Å²) in [6.07, 6.45) is 1.26. The number of nitro benzene ring substituents is 1. The second-order valence-corrected chi connectivity index (χ2v) is 6.21. The molecule has 1 saturated heterocycles. The van der Waals surface area contributed by atoms with Crippen LogP contribution in [0, 0.1) is 10.1 Å². The second kappa shape index (κ2) is 6.91. The molecule has 0 unspecified atom stereocenters. The summed E-state index contributed by atoms with van der Waals surface area (Å²) < 4.78 is 5.19. The van der Waals surface area contributed by atoms with Crippen LogP contribution in [0.2, 0.25) is 0 Å². The highest BCUT2D eigenvalue weighted by Crippen LogP contribution is 2.39. The van der Waals surface area contributed by atoms with Gasteiger partial charge in [-0.05, 0) is 38.6 Å². The number of carbonyl (C=O) groups excluding carboxylic acids is 2. The highest BCUT2D eigenvalue weighted by atomic mass is 32.2. The van der Waals surface area contributed by atoms with E-state index in [2.05, 4.69) is 0 Å². The Balaban J connectivity index is 2.51. The van der Waals surface area contributed by atoms with Crippen molar-refractivity contribution in [1.29, 1.82) is 0 Å². The maximum atomic E-state index is 12.3. The van der Waals surface area contributed by atoms with Gasteiger partial charge in [-0.3, -0.25) is 24.6 Å². The quantitative estimate of drug-likeness (QED) is 0.492. The molecule has 9 heteroatoms. The van der Waals surface area contributed by atoms with Crippen molar-refractivity contribution in [2.45, 2.75) is 26.8 Å². The van der Waals surface area contributed by atoms with Crippen LogP contribution in [0.4, 0.5) is 10.5 Å². The SMILES string of the molecule is CCOc1cc([N+](=O)[O-])cc(/C=C2/SC(=O)N(C(C)C)C2=O)c1O. The Morgan fingerprint density at radius 3 is 2.58 bits per heavy atom. The van der Waals surface area contributed by atoms with Crippen LogP contribution in [0.3, 0.4) is 0 Å². The number of phenols is 1. The first-order chi connectivity index (χ1) is 11.3. The van der Waals surface area contributed by atoms with Gasteiger partial charge in [-0.25, -0.2) is 0 Å². The van der Waals surface area contributed by atoms with Crippen LogP contribution in [0.25, 0.3) is 6.08 Å². The van der Waals surface area contributed by atoms with E-state index in [1.54, 1.807) is 20.8 Å². The van der Waals surface area contributed by atoms with Gasteiger partial charge in [-0.15, -0.1) is 0 Å². The zero-order chi connectivity index (χ0) is 18.0. The maximum absolute atomic E-state index is 12.3. The summed E-state index contributed by atoms with van der Waals surface area (Å²) in [6.45, 7) is 5.29. The zero-order valence-corrected chi connectivity index (χ0v) is 14.1. The number of thioether (sulfide) groups is 1. The van der Waals surface area contributed by atoms with Crippen molar-refractivity contribution in [3.8, 4) is 11.5 Å². The van der Waals surface area contributed by atoms with Gasteiger partial charge in [0.05, 0.1) is 22.5 Å². The number of carbonyl (C=O) groups is 2. The average molecular weight is 352 g/mol. The number of non-ortho nitro benzene ring substituents is 1. The van der Waals surface area contributed by atoms with Crippen molar-refractivity contribution >= 4 is 34.7 Å².